The standard InChI is InChI=1S/C6H15NO4S.Na/c1-3-7(4-2)5-6(8)12(9,10)11;/h6,8H,3-5H2,1-2H3,(H,9,10,11);/q;+1/p-1. The smallest absolute Gasteiger partial charge is 0.746 e. The average molecular weight is 219 g/mol. The van der Waals surface area contributed by atoms with E-state index < -0.39 is 15.6 Å². The minimum atomic E-state index is -4.55. The van der Waals surface area contributed by atoms with E-state index in [2.05, 4.69) is 0 Å². The molecule has 1 atom stereocenters. The van der Waals surface area contributed by atoms with Crippen molar-refractivity contribution in [2.45, 2.75) is 19.3 Å². The van der Waals surface area contributed by atoms with E-state index in [0.29, 0.717) is 13.1 Å². The molecule has 0 rings (SSSR count). The van der Waals surface area contributed by atoms with E-state index in [9.17, 15) is 13.0 Å². The van der Waals surface area contributed by atoms with Gasteiger partial charge in [-0.05, 0) is 13.1 Å². The number of nitrogens with zero attached hydrogens (tertiary/aromatic N) is 1. The molecule has 0 fully saturated rings. The van der Waals surface area contributed by atoms with Crippen LogP contribution in [0.25, 0.3) is 0 Å². The second-order valence-corrected chi connectivity index (χ2v) is 3.96. The Morgan fingerprint density at radius 2 is 1.77 bits per heavy atom. The zero-order valence-electron chi connectivity index (χ0n) is 8.23. The molecule has 1 N–H and O–H groups in total. The topological polar surface area (TPSA) is 80.7 Å². The van der Waals surface area contributed by atoms with Gasteiger partial charge in [0, 0.05) is 6.54 Å². The molecule has 7 heteroatoms. The van der Waals surface area contributed by atoms with Gasteiger partial charge in [-0.1, -0.05) is 13.8 Å². The van der Waals surface area contributed by atoms with Crippen molar-refractivity contribution in [3.63, 3.8) is 0 Å². The third-order valence-electron chi connectivity index (χ3n) is 1.64. The van der Waals surface area contributed by atoms with E-state index in [1.54, 1.807) is 4.90 Å². The average Bonchev–Trinajstić information content (AvgIpc) is 1.97. The largest absolute Gasteiger partial charge is 1.00 e. The summed E-state index contributed by atoms with van der Waals surface area (Å²) in [4.78, 5) is 1.67. The van der Waals surface area contributed by atoms with Gasteiger partial charge in [0.15, 0.2) is 5.44 Å². The van der Waals surface area contributed by atoms with Crippen molar-refractivity contribution in [3.8, 4) is 0 Å². The molecule has 0 aromatic carbocycles. The SMILES string of the molecule is CCN(CC)CC(O)S(=O)(=O)[O-].[Na+]. The fourth-order valence-electron chi connectivity index (χ4n) is 0.794. The zero-order chi connectivity index (χ0) is 9.78. The van der Waals surface area contributed by atoms with Crippen LogP contribution in [-0.2, 0) is 10.1 Å². The Morgan fingerprint density at radius 1 is 1.38 bits per heavy atom. The second kappa shape index (κ2) is 7.17. The molecule has 0 aromatic rings. The molecule has 0 amide bonds. The number of aliphatic hydroxyl groups is 1. The van der Waals surface area contributed by atoms with Gasteiger partial charge >= 0.3 is 29.6 Å². The Kier molecular flexibility index (Phi) is 8.97. The summed E-state index contributed by atoms with van der Waals surface area (Å²) >= 11 is 0. The van der Waals surface area contributed by atoms with Crippen molar-refractivity contribution >= 4 is 10.1 Å². The minimum Gasteiger partial charge on any atom is -0.746 e. The van der Waals surface area contributed by atoms with Crippen LogP contribution in [0.3, 0.4) is 0 Å². The summed E-state index contributed by atoms with van der Waals surface area (Å²) in [6.45, 7) is 4.77. The molecule has 0 spiro atoms. The number of aliphatic hydroxyl groups excluding tert-OH is 1. The predicted octanol–water partition coefficient (Wildman–Crippen LogP) is -3.80. The maximum atomic E-state index is 10.3. The Balaban J connectivity index is 0. The van der Waals surface area contributed by atoms with E-state index in [1.165, 1.54) is 0 Å². The first kappa shape index (κ1) is 16.3. The van der Waals surface area contributed by atoms with Gasteiger partial charge in [0.1, 0.15) is 10.1 Å². The summed E-state index contributed by atoms with van der Waals surface area (Å²) in [5.74, 6) is 0. The van der Waals surface area contributed by atoms with Crippen LogP contribution in [0, 0.1) is 0 Å². The van der Waals surface area contributed by atoms with Crippen LogP contribution in [0.15, 0.2) is 0 Å². The van der Waals surface area contributed by atoms with Gasteiger partial charge < -0.3 is 14.6 Å². The normalized spacial score (nSPS) is 13.9. The van der Waals surface area contributed by atoms with Crippen LogP contribution in [0.1, 0.15) is 13.8 Å². The molecule has 0 aliphatic rings. The third kappa shape index (κ3) is 6.84. The summed E-state index contributed by atoms with van der Waals surface area (Å²) in [6, 6.07) is 0. The van der Waals surface area contributed by atoms with Gasteiger partial charge in [-0.25, -0.2) is 8.42 Å². The van der Waals surface area contributed by atoms with E-state index in [0.717, 1.165) is 0 Å². The second-order valence-electron chi connectivity index (χ2n) is 2.43. The first-order valence-corrected chi connectivity index (χ1v) is 5.24. The van der Waals surface area contributed by atoms with E-state index in [4.69, 9.17) is 5.11 Å². The number of hydrogen-bond acceptors (Lipinski definition) is 5. The summed E-state index contributed by atoms with van der Waals surface area (Å²) in [5, 5.41) is 8.88. The molecular formula is C6H14NNaO4S. The van der Waals surface area contributed by atoms with Crippen molar-refractivity contribution in [1.82, 2.24) is 4.90 Å². The Hall–Kier alpha value is 0.830. The molecule has 0 aromatic heterocycles. The van der Waals surface area contributed by atoms with E-state index in [-0.39, 0.29) is 36.1 Å². The molecule has 1 unspecified atom stereocenters. The third-order valence-corrected chi connectivity index (χ3v) is 2.46. The van der Waals surface area contributed by atoms with Crippen LogP contribution in [0.4, 0.5) is 0 Å². The van der Waals surface area contributed by atoms with Crippen molar-refractivity contribution in [2.24, 2.45) is 0 Å². The van der Waals surface area contributed by atoms with Crippen LogP contribution in [0.2, 0.25) is 0 Å². The van der Waals surface area contributed by atoms with Crippen LogP contribution < -0.4 is 29.6 Å². The van der Waals surface area contributed by atoms with Crippen molar-refractivity contribution < 1.29 is 47.6 Å². The molecule has 74 valence electrons. The summed E-state index contributed by atoms with van der Waals surface area (Å²) in [6.07, 6.45) is 0. The maximum absolute atomic E-state index is 10.3. The molecule has 0 heterocycles. The monoisotopic (exact) mass is 219 g/mol. The molecule has 0 saturated carbocycles. The van der Waals surface area contributed by atoms with Crippen LogP contribution in [-0.4, -0.2) is 48.0 Å². The molecule has 0 radical (unpaired) electrons. The summed E-state index contributed by atoms with van der Waals surface area (Å²) in [7, 11) is -4.55. The first-order valence-electron chi connectivity index (χ1n) is 3.77. The van der Waals surface area contributed by atoms with Gasteiger partial charge in [-0.3, -0.25) is 0 Å². The molecule has 0 saturated heterocycles. The predicted molar refractivity (Wildman–Crippen MR) is 43.5 cm³/mol. The number of rotatable bonds is 5. The van der Waals surface area contributed by atoms with Gasteiger partial charge in [-0.15, -0.1) is 0 Å². The summed E-state index contributed by atoms with van der Waals surface area (Å²) < 4.78 is 30.8. The maximum Gasteiger partial charge on any atom is 1.00 e. The molecule has 0 bridgehead atoms. The molecule has 0 aliphatic heterocycles. The number of hydrogen-bond donors (Lipinski definition) is 1. The quantitative estimate of drug-likeness (QED) is 0.379. The van der Waals surface area contributed by atoms with E-state index in [1.807, 2.05) is 13.8 Å². The van der Waals surface area contributed by atoms with Crippen LogP contribution in [0.5, 0.6) is 0 Å². The van der Waals surface area contributed by atoms with Gasteiger partial charge in [0.2, 0.25) is 0 Å². The minimum absolute atomic E-state index is 0. The van der Waals surface area contributed by atoms with Gasteiger partial charge in [-0.2, -0.15) is 0 Å². The summed E-state index contributed by atoms with van der Waals surface area (Å²) in [5.41, 5.74) is -1.81. The zero-order valence-corrected chi connectivity index (χ0v) is 11.0. The van der Waals surface area contributed by atoms with Crippen molar-refractivity contribution in [2.75, 3.05) is 19.6 Å². The Bertz CT molecular complexity index is 215. The van der Waals surface area contributed by atoms with Gasteiger partial charge in [0.05, 0.1) is 0 Å². The van der Waals surface area contributed by atoms with Crippen molar-refractivity contribution in [3.05, 3.63) is 0 Å². The fourth-order valence-corrected chi connectivity index (χ4v) is 1.19. The Morgan fingerprint density at radius 3 is 2.00 bits per heavy atom. The first-order chi connectivity index (χ1) is 5.41. The molecular weight excluding hydrogens is 205 g/mol. The number of likely N-dealkylation sites (N-methyl/N-ethyl adjacent to an activating group) is 1. The van der Waals surface area contributed by atoms with E-state index >= 15 is 0 Å². The Labute approximate surface area is 101 Å². The molecule has 0 aliphatic carbocycles. The fraction of sp³-hybridized carbons (Fsp3) is 1.00. The van der Waals surface area contributed by atoms with Gasteiger partial charge in [0.25, 0.3) is 0 Å². The van der Waals surface area contributed by atoms with Crippen molar-refractivity contribution in [1.29, 1.82) is 0 Å². The molecule has 13 heavy (non-hydrogen) atoms. The molecule has 5 nitrogen and oxygen atoms in total. The van der Waals surface area contributed by atoms with Crippen LogP contribution >= 0.6 is 0 Å².